The first-order valence-electron chi connectivity index (χ1n) is 5.58. The second-order valence-corrected chi connectivity index (χ2v) is 4.65. The third-order valence-electron chi connectivity index (χ3n) is 3.09. The maximum absolute atomic E-state index is 5.91. The smallest absolute Gasteiger partial charge is 0.212 e. The Morgan fingerprint density at radius 1 is 1.53 bits per heavy atom. The fourth-order valence-electron chi connectivity index (χ4n) is 2.14. The lowest BCUT2D eigenvalue weighted by atomic mass is 10.2. The van der Waals surface area contributed by atoms with E-state index >= 15 is 0 Å². The topological polar surface area (TPSA) is 47.3 Å². The van der Waals surface area contributed by atoms with Gasteiger partial charge in [0.05, 0.1) is 12.1 Å². The highest BCUT2D eigenvalue weighted by atomic mass is 35.5. The summed E-state index contributed by atoms with van der Waals surface area (Å²) in [6.45, 7) is 0.834. The average Bonchev–Trinajstić information content (AvgIpc) is 2.93. The van der Waals surface area contributed by atoms with Gasteiger partial charge in [0, 0.05) is 24.7 Å². The lowest BCUT2D eigenvalue weighted by Crippen LogP contribution is -2.16. The molecule has 0 radical (unpaired) electrons. The minimum absolute atomic E-state index is 0.131. The summed E-state index contributed by atoms with van der Waals surface area (Å²) in [5.74, 6) is 0.710. The van der Waals surface area contributed by atoms with Crippen molar-refractivity contribution in [2.75, 3.05) is 13.7 Å². The summed E-state index contributed by atoms with van der Waals surface area (Å²) >= 11 is 5.91. The second-order valence-electron chi connectivity index (χ2n) is 4.22. The van der Waals surface area contributed by atoms with Gasteiger partial charge < -0.3 is 14.5 Å². The molecule has 2 heterocycles. The van der Waals surface area contributed by atoms with Gasteiger partial charge in [-0.1, -0.05) is 11.6 Å². The molecule has 4 nitrogen and oxygen atoms in total. The Hall–Kier alpha value is -1.10. The summed E-state index contributed by atoms with van der Waals surface area (Å²) in [6.07, 6.45) is 1.12. The van der Waals surface area contributed by atoms with E-state index in [9.17, 15) is 0 Å². The molecule has 1 saturated heterocycles. The van der Waals surface area contributed by atoms with Gasteiger partial charge in [0.2, 0.25) is 5.89 Å². The number of hydrogen-bond donors (Lipinski definition) is 1. The Kier molecular flexibility index (Phi) is 2.78. The summed E-state index contributed by atoms with van der Waals surface area (Å²) in [6, 6.07) is 5.60. The molecule has 90 valence electrons. The third-order valence-corrected chi connectivity index (χ3v) is 3.32. The molecule has 0 aliphatic carbocycles. The molecular weight excluding hydrogens is 240 g/mol. The molecule has 0 amide bonds. The van der Waals surface area contributed by atoms with Gasteiger partial charge in [-0.25, -0.2) is 4.98 Å². The molecule has 0 saturated carbocycles. The predicted molar refractivity (Wildman–Crippen MR) is 65.2 cm³/mol. The number of ether oxygens (including phenoxy) is 1. The molecule has 2 unspecified atom stereocenters. The van der Waals surface area contributed by atoms with Gasteiger partial charge in [-0.05, 0) is 18.6 Å². The Bertz CT molecular complexity index is 540. The number of methoxy groups -OCH3 is 1. The number of hydrogen-bond acceptors (Lipinski definition) is 4. The molecule has 1 fully saturated rings. The Morgan fingerprint density at radius 3 is 3.18 bits per heavy atom. The van der Waals surface area contributed by atoms with Crippen molar-refractivity contribution in [3.63, 3.8) is 0 Å². The Morgan fingerprint density at radius 2 is 2.41 bits per heavy atom. The van der Waals surface area contributed by atoms with Crippen LogP contribution in [0.2, 0.25) is 5.02 Å². The van der Waals surface area contributed by atoms with E-state index in [0.29, 0.717) is 10.9 Å². The van der Waals surface area contributed by atoms with Crippen LogP contribution in [-0.4, -0.2) is 24.7 Å². The lowest BCUT2D eigenvalue weighted by Gasteiger charge is -2.04. The van der Waals surface area contributed by atoms with Crippen LogP contribution in [0.5, 0.6) is 0 Å². The van der Waals surface area contributed by atoms with Crippen LogP contribution < -0.4 is 5.32 Å². The van der Waals surface area contributed by atoms with Crippen molar-refractivity contribution < 1.29 is 9.15 Å². The molecule has 1 aromatic heterocycles. The van der Waals surface area contributed by atoms with Crippen LogP contribution >= 0.6 is 11.6 Å². The van der Waals surface area contributed by atoms with E-state index < -0.39 is 0 Å². The van der Waals surface area contributed by atoms with Crippen molar-refractivity contribution in [3.05, 3.63) is 29.1 Å². The number of fused-ring (bicyclic) bond motifs is 1. The monoisotopic (exact) mass is 252 g/mol. The molecule has 2 atom stereocenters. The predicted octanol–water partition coefficient (Wildman–Crippen LogP) is 2.53. The largest absolute Gasteiger partial charge is 0.439 e. The van der Waals surface area contributed by atoms with E-state index in [2.05, 4.69) is 10.3 Å². The maximum atomic E-state index is 5.91. The second kappa shape index (κ2) is 4.29. The van der Waals surface area contributed by atoms with Gasteiger partial charge in [0.1, 0.15) is 5.52 Å². The Balaban J connectivity index is 1.91. The number of benzene rings is 1. The van der Waals surface area contributed by atoms with Gasteiger partial charge in [-0.3, -0.25) is 0 Å². The lowest BCUT2D eigenvalue weighted by molar-refractivity contribution is 0.116. The zero-order valence-corrected chi connectivity index (χ0v) is 10.2. The van der Waals surface area contributed by atoms with Gasteiger partial charge in [-0.2, -0.15) is 0 Å². The maximum Gasteiger partial charge on any atom is 0.212 e. The minimum Gasteiger partial charge on any atom is -0.439 e. The van der Waals surface area contributed by atoms with E-state index in [4.69, 9.17) is 20.8 Å². The summed E-state index contributed by atoms with van der Waals surface area (Å²) in [4.78, 5) is 4.46. The number of halogens is 1. The number of oxazole rings is 1. The highest BCUT2D eigenvalue weighted by Gasteiger charge is 2.28. The van der Waals surface area contributed by atoms with Crippen molar-refractivity contribution in [1.29, 1.82) is 0 Å². The first-order valence-corrected chi connectivity index (χ1v) is 5.96. The van der Waals surface area contributed by atoms with Crippen LogP contribution in [0, 0.1) is 0 Å². The van der Waals surface area contributed by atoms with Crippen molar-refractivity contribution in [2.45, 2.75) is 18.6 Å². The van der Waals surface area contributed by atoms with Gasteiger partial charge in [0.25, 0.3) is 0 Å². The number of nitrogens with zero attached hydrogens (tertiary/aromatic N) is 1. The average molecular weight is 253 g/mol. The first kappa shape index (κ1) is 11.0. The number of nitrogens with one attached hydrogen (secondary N) is 1. The summed E-state index contributed by atoms with van der Waals surface area (Å²) < 4.78 is 11.0. The van der Waals surface area contributed by atoms with Crippen LogP contribution in [0.3, 0.4) is 0 Å². The summed E-state index contributed by atoms with van der Waals surface area (Å²) in [5.41, 5.74) is 1.57. The van der Waals surface area contributed by atoms with E-state index in [0.717, 1.165) is 24.1 Å². The summed E-state index contributed by atoms with van der Waals surface area (Å²) in [7, 11) is 1.72. The third kappa shape index (κ3) is 2.04. The number of aromatic nitrogens is 1. The molecule has 0 bridgehead atoms. The van der Waals surface area contributed by atoms with Crippen molar-refractivity contribution in [1.82, 2.24) is 10.3 Å². The van der Waals surface area contributed by atoms with Gasteiger partial charge >= 0.3 is 0 Å². The van der Waals surface area contributed by atoms with Crippen molar-refractivity contribution in [2.24, 2.45) is 0 Å². The fourth-order valence-corrected chi connectivity index (χ4v) is 2.30. The van der Waals surface area contributed by atoms with Crippen molar-refractivity contribution >= 4 is 22.7 Å². The van der Waals surface area contributed by atoms with Crippen LogP contribution in [-0.2, 0) is 4.74 Å². The minimum atomic E-state index is 0.131. The molecule has 0 spiro atoms. The quantitative estimate of drug-likeness (QED) is 0.892. The van der Waals surface area contributed by atoms with Crippen LogP contribution in [0.25, 0.3) is 11.1 Å². The van der Waals surface area contributed by atoms with E-state index in [1.165, 1.54) is 0 Å². The molecule has 5 heteroatoms. The molecule has 2 aromatic rings. The normalized spacial score (nSPS) is 24.6. The molecule has 3 rings (SSSR count). The molecule has 1 N–H and O–H groups in total. The molecular formula is C12H13ClN2O2. The molecule has 17 heavy (non-hydrogen) atoms. The van der Waals surface area contributed by atoms with Crippen LogP contribution in [0.4, 0.5) is 0 Å². The molecule has 1 aliphatic rings. The van der Waals surface area contributed by atoms with Gasteiger partial charge in [0.15, 0.2) is 5.58 Å². The standard InChI is InChI=1S/C12H13ClN2O2/c1-16-8-5-10(14-6-8)12-15-9-3-2-7(13)4-11(9)17-12/h2-4,8,10,14H,5-6H2,1H3. The number of rotatable bonds is 2. The highest BCUT2D eigenvalue weighted by molar-refractivity contribution is 6.31. The van der Waals surface area contributed by atoms with E-state index in [1.807, 2.05) is 12.1 Å². The SMILES string of the molecule is COC1CNC(c2nc3ccc(Cl)cc3o2)C1. The zero-order chi connectivity index (χ0) is 11.8. The molecule has 1 aliphatic heterocycles. The Labute approximate surface area is 104 Å². The van der Waals surface area contributed by atoms with Crippen molar-refractivity contribution in [3.8, 4) is 0 Å². The fraction of sp³-hybridized carbons (Fsp3) is 0.417. The highest BCUT2D eigenvalue weighted by Crippen LogP contribution is 2.28. The zero-order valence-electron chi connectivity index (χ0n) is 9.44. The van der Waals surface area contributed by atoms with Gasteiger partial charge in [-0.15, -0.1) is 0 Å². The van der Waals surface area contributed by atoms with E-state index in [1.54, 1.807) is 13.2 Å². The summed E-state index contributed by atoms with van der Waals surface area (Å²) in [5, 5.41) is 4.00. The molecule has 1 aromatic carbocycles. The first-order chi connectivity index (χ1) is 8.26. The van der Waals surface area contributed by atoms with E-state index in [-0.39, 0.29) is 12.1 Å². The van der Waals surface area contributed by atoms with Crippen LogP contribution in [0.1, 0.15) is 18.4 Å². The van der Waals surface area contributed by atoms with Crippen LogP contribution in [0.15, 0.2) is 22.6 Å².